The van der Waals surface area contributed by atoms with Gasteiger partial charge in [-0.25, -0.2) is 4.39 Å². The molecule has 2 nitrogen and oxygen atoms in total. The van der Waals surface area contributed by atoms with Crippen LogP contribution in [-0.4, -0.2) is 4.98 Å². The molecule has 4 heteroatoms. The maximum Gasteiger partial charge on any atom is 0.259 e. The summed E-state index contributed by atoms with van der Waals surface area (Å²) in [7, 11) is 0. The summed E-state index contributed by atoms with van der Waals surface area (Å²) in [5.74, 6) is -0.550. The van der Waals surface area contributed by atoms with E-state index in [4.69, 9.17) is 11.6 Å². The number of nitrogens with one attached hydrogen (secondary N) is 1. The summed E-state index contributed by atoms with van der Waals surface area (Å²) in [5.41, 5.74) is 0.106. The Morgan fingerprint density at radius 3 is 2.86 bits per heavy atom. The van der Waals surface area contributed by atoms with Crippen molar-refractivity contribution in [2.45, 2.75) is 6.92 Å². The van der Waals surface area contributed by atoms with Crippen LogP contribution in [0, 0.1) is 12.7 Å². The number of pyridine rings is 1. The third-order valence-electron chi connectivity index (χ3n) is 2.11. The Morgan fingerprint density at radius 2 is 2.14 bits per heavy atom. The van der Waals surface area contributed by atoms with Gasteiger partial charge in [-0.2, -0.15) is 0 Å². The molecule has 0 saturated carbocycles. The van der Waals surface area contributed by atoms with E-state index in [2.05, 4.69) is 4.98 Å². The van der Waals surface area contributed by atoms with Gasteiger partial charge in [0.1, 0.15) is 5.82 Å². The molecule has 0 bridgehead atoms. The number of halogens is 2. The molecule has 0 unspecified atom stereocenters. The van der Waals surface area contributed by atoms with Crippen LogP contribution < -0.4 is 5.56 Å². The standard InChI is InChI=1S/C10H7ClFNO/c1-5-9(11)6-3-2-4-7(12)8(6)10(14)13-5/h2-4H,1H3,(H,13,14). The Kier molecular flexibility index (Phi) is 2.04. The van der Waals surface area contributed by atoms with Gasteiger partial charge in [0.05, 0.1) is 10.4 Å². The van der Waals surface area contributed by atoms with Crippen molar-refractivity contribution in [2.75, 3.05) is 0 Å². The first-order chi connectivity index (χ1) is 6.61. The number of aromatic nitrogens is 1. The highest BCUT2D eigenvalue weighted by molar-refractivity contribution is 6.36. The highest BCUT2D eigenvalue weighted by Gasteiger charge is 2.09. The van der Waals surface area contributed by atoms with Crippen LogP contribution >= 0.6 is 11.6 Å². The molecule has 14 heavy (non-hydrogen) atoms. The maximum absolute atomic E-state index is 13.3. The lowest BCUT2D eigenvalue weighted by atomic mass is 10.1. The van der Waals surface area contributed by atoms with Crippen LogP contribution in [-0.2, 0) is 0 Å². The predicted molar refractivity (Wildman–Crippen MR) is 54.3 cm³/mol. The van der Waals surface area contributed by atoms with Crippen molar-refractivity contribution in [2.24, 2.45) is 0 Å². The first-order valence-corrected chi connectivity index (χ1v) is 4.45. The highest BCUT2D eigenvalue weighted by atomic mass is 35.5. The number of benzene rings is 1. The van der Waals surface area contributed by atoms with E-state index in [-0.39, 0.29) is 5.39 Å². The second kappa shape index (κ2) is 3.10. The van der Waals surface area contributed by atoms with Gasteiger partial charge < -0.3 is 4.98 Å². The minimum absolute atomic E-state index is 0.0168. The second-order valence-corrected chi connectivity index (χ2v) is 3.43. The van der Waals surface area contributed by atoms with Gasteiger partial charge in [0.15, 0.2) is 0 Å². The largest absolute Gasteiger partial charge is 0.324 e. The van der Waals surface area contributed by atoms with E-state index in [0.29, 0.717) is 16.1 Å². The second-order valence-electron chi connectivity index (χ2n) is 3.06. The van der Waals surface area contributed by atoms with Crippen LogP contribution in [0.2, 0.25) is 5.02 Å². The van der Waals surface area contributed by atoms with Crippen LogP contribution in [0.1, 0.15) is 5.69 Å². The molecule has 0 radical (unpaired) electrons. The van der Waals surface area contributed by atoms with E-state index in [1.165, 1.54) is 12.1 Å². The van der Waals surface area contributed by atoms with Crippen molar-refractivity contribution in [3.05, 3.63) is 45.1 Å². The van der Waals surface area contributed by atoms with Gasteiger partial charge in [-0.15, -0.1) is 0 Å². The summed E-state index contributed by atoms with van der Waals surface area (Å²) in [5, 5.41) is 0.857. The average molecular weight is 212 g/mol. The lowest BCUT2D eigenvalue weighted by Gasteiger charge is -2.03. The van der Waals surface area contributed by atoms with Gasteiger partial charge in [0.2, 0.25) is 0 Å². The Morgan fingerprint density at radius 1 is 1.43 bits per heavy atom. The summed E-state index contributed by atoms with van der Waals surface area (Å²) in [6.07, 6.45) is 0. The minimum Gasteiger partial charge on any atom is -0.324 e. The van der Waals surface area contributed by atoms with Gasteiger partial charge >= 0.3 is 0 Å². The van der Waals surface area contributed by atoms with Crippen molar-refractivity contribution in [1.29, 1.82) is 0 Å². The third kappa shape index (κ3) is 1.21. The number of fused-ring (bicyclic) bond motifs is 1. The van der Waals surface area contributed by atoms with E-state index in [0.717, 1.165) is 0 Å². The zero-order chi connectivity index (χ0) is 10.3. The van der Waals surface area contributed by atoms with Gasteiger partial charge in [0.25, 0.3) is 5.56 Å². The molecule has 1 aromatic carbocycles. The maximum atomic E-state index is 13.3. The van der Waals surface area contributed by atoms with Crippen molar-refractivity contribution in [1.82, 2.24) is 4.98 Å². The fraction of sp³-hybridized carbons (Fsp3) is 0.100. The van der Waals surface area contributed by atoms with Crippen molar-refractivity contribution in [3.8, 4) is 0 Å². The van der Waals surface area contributed by atoms with E-state index in [1.807, 2.05) is 0 Å². The number of hydrogen-bond acceptors (Lipinski definition) is 1. The molecule has 0 fully saturated rings. The molecule has 0 aliphatic heterocycles. The first-order valence-electron chi connectivity index (χ1n) is 4.08. The normalized spacial score (nSPS) is 10.8. The van der Waals surface area contributed by atoms with Crippen LogP contribution in [0.5, 0.6) is 0 Å². The van der Waals surface area contributed by atoms with E-state index < -0.39 is 11.4 Å². The molecule has 0 aliphatic rings. The number of hydrogen-bond donors (Lipinski definition) is 1. The van der Waals surface area contributed by atoms with E-state index >= 15 is 0 Å². The fourth-order valence-corrected chi connectivity index (χ4v) is 1.63. The molecule has 2 aromatic rings. The SMILES string of the molecule is Cc1[nH]c(=O)c2c(F)cccc2c1Cl. The van der Waals surface area contributed by atoms with Gasteiger partial charge in [0, 0.05) is 11.1 Å². The lowest BCUT2D eigenvalue weighted by Crippen LogP contribution is -2.09. The van der Waals surface area contributed by atoms with E-state index in [1.54, 1.807) is 13.0 Å². The molecule has 1 aromatic heterocycles. The number of rotatable bonds is 0. The van der Waals surface area contributed by atoms with Crippen LogP contribution in [0.25, 0.3) is 10.8 Å². The number of aryl methyl sites for hydroxylation is 1. The minimum atomic E-state index is -0.550. The Balaban J connectivity index is 3.10. The monoisotopic (exact) mass is 211 g/mol. The van der Waals surface area contributed by atoms with Gasteiger partial charge in [-0.3, -0.25) is 4.79 Å². The Labute approximate surface area is 84.3 Å². The molecule has 0 spiro atoms. The lowest BCUT2D eigenvalue weighted by molar-refractivity contribution is 0.638. The molecule has 72 valence electrons. The summed E-state index contributed by atoms with van der Waals surface area (Å²) in [6, 6.07) is 4.40. The molecule has 0 amide bonds. The van der Waals surface area contributed by atoms with Gasteiger partial charge in [-0.05, 0) is 13.0 Å². The molecule has 0 saturated heterocycles. The average Bonchev–Trinajstić information content (AvgIpc) is 2.14. The van der Waals surface area contributed by atoms with Crippen LogP contribution in [0.3, 0.4) is 0 Å². The van der Waals surface area contributed by atoms with Crippen LogP contribution in [0.15, 0.2) is 23.0 Å². The molecule has 0 aliphatic carbocycles. The summed E-state index contributed by atoms with van der Waals surface area (Å²) in [4.78, 5) is 13.9. The summed E-state index contributed by atoms with van der Waals surface area (Å²) < 4.78 is 13.3. The molecule has 0 atom stereocenters. The van der Waals surface area contributed by atoms with Crippen molar-refractivity contribution >= 4 is 22.4 Å². The number of H-pyrrole nitrogens is 1. The quantitative estimate of drug-likeness (QED) is 0.714. The first kappa shape index (κ1) is 9.21. The molecular formula is C10H7ClFNO. The number of aromatic amines is 1. The summed E-state index contributed by atoms with van der Waals surface area (Å²) in [6.45, 7) is 1.67. The Bertz CT molecular complexity index is 562. The molecule has 2 rings (SSSR count). The molecule has 1 N–H and O–H groups in total. The van der Waals surface area contributed by atoms with Crippen molar-refractivity contribution in [3.63, 3.8) is 0 Å². The third-order valence-corrected chi connectivity index (χ3v) is 2.59. The Hall–Kier alpha value is -1.35. The van der Waals surface area contributed by atoms with E-state index in [9.17, 15) is 9.18 Å². The smallest absolute Gasteiger partial charge is 0.259 e. The predicted octanol–water partition coefficient (Wildman–Crippen LogP) is 2.63. The summed E-state index contributed by atoms with van der Waals surface area (Å²) >= 11 is 5.93. The highest BCUT2D eigenvalue weighted by Crippen LogP contribution is 2.24. The van der Waals surface area contributed by atoms with Gasteiger partial charge in [-0.1, -0.05) is 23.7 Å². The zero-order valence-electron chi connectivity index (χ0n) is 7.40. The molecular weight excluding hydrogens is 205 g/mol. The zero-order valence-corrected chi connectivity index (χ0v) is 8.15. The fourth-order valence-electron chi connectivity index (χ4n) is 1.43. The van der Waals surface area contributed by atoms with Crippen molar-refractivity contribution < 1.29 is 4.39 Å². The topological polar surface area (TPSA) is 32.9 Å². The molecule has 1 heterocycles. The van der Waals surface area contributed by atoms with Crippen LogP contribution in [0.4, 0.5) is 4.39 Å².